The Bertz CT molecular complexity index is 197. The van der Waals surface area contributed by atoms with E-state index < -0.39 is 5.54 Å². The predicted molar refractivity (Wildman–Crippen MR) is 57.9 cm³/mol. The van der Waals surface area contributed by atoms with Crippen molar-refractivity contribution in [3.8, 4) is 0 Å². The van der Waals surface area contributed by atoms with Crippen LogP contribution in [0.5, 0.6) is 0 Å². The van der Waals surface area contributed by atoms with E-state index in [0.29, 0.717) is 0 Å². The molecule has 3 nitrogen and oxygen atoms in total. The fourth-order valence-corrected chi connectivity index (χ4v) is 1.88. The van der Waals surface area contributed by atoms with Crippen molar-refractivity contribution in [1.82, 2.24) is 5.32 Å². The Morgan fingerprint density at radius 2 is 2.00 bits per heavy atom. The largest absolute Gasteiger partial charge is 0.352 e. The molecular weight excluding hydrogens is 176 g/mol. The second-order valence-electron chi connectivity index (χ2n) is 4.50. The molecule has 82 valence electrons. The highest BCUT2D eigenvalue weighted by Gasteiger charge is 2.35. The molecule has 0 heterocycles. The molecule has 0 spiro atoms. The SMILES string of the molecule is CCC(C)NC(=O)C1(N)CCCCC1. The number of nitrogens with one attached hydrogen (secondary N) is 1. The molecule has 1 unspecified atom stereocenters. The van der Waals surface area contributed by atoms with Crippen molar-refractivity contribution in [3.63, 3.8) is 0 Å². The van der Waals surface area contributed by atoms with Gasteiger partial charge in [-0.3, -0.25) is 4.79 Å². The minimum absolute atomic E-state index is 0.0477. The van der Waals surface area contributed by atoms with Crippen LogP contribution in [-0.2, 0) is 4.79 Å². The highest BCUT2D eigenvalue weighted by atomic mass is 16.2. The van der Waals surface area contributed by atoms with Gasteiger partial charge >= 0.3 is 0 Å². The number of nitrogens with two attached hydrogens (primary N) is 1. The maximum atomic E-state index is 11.9. The molecule has 0 aliphatic heterocycles. The van der Waals surface area contributed by atoms with Crippen LogP contribution in [0.25, 0.3) is 0 Å². The Labute approximate surface area is 86.4 Å². The van der Waals surface area contributed by atoms with Gasteiger partial charge in [0.1, 0.15) is 0 Å². The lowest BCUT2D eigenvalue weighted by atomic mass is 9.82. The summed E-state index contributed by atoms with van der Waals surface area (Å²) in [5.41, 5.74) is 5.51. The lowest BCUT2D eigenvalue weighted by Crippen LogP contribution is -2.56. The maximum absolute atomic E-state index is 11.9. The van der Waals surface area contributed by atoms with Crippen LogP contribution in [0.2, 0.25) is 0 Å². The van der Waals surface area contributed by atoms with Gasteiger partial charge in [-0.1, -0.05) is 26.2 Å². The summed E-state index contributed by atoms with van der Waals surface area (Å²) in [5.74, 6) is 0.0477. The third-order valence-corrected chi connectivity index (χ3v) is 3.19. The topological polar surface area (TPSA) is 55.1 Å². The van der Waals surface area contributed by atoms with Gasteiger partial charge in [-0.15, -0.1) is 0 Å². The molecule has 0 aromatic heterocycles. The summed E-state index contributed by atoms with van der Waals surface area (Å²) < 4.78 is 0. The molecule has 1 rings (SSSR count). The van der Waals surface area contributed by atoms with Gasteiger partial charge in [-0.25, -0.2) is 0 Å². The first-order chi connectivity index (χ1) is 6.58. The lowest BCUT2D eigenvalue weighted by Gasteiger charge is -2.32. The maximum Gasteiger partial charge on any atom is 0.240 e. The molecule has 0 aromatic carbocycles. The smallest absolute Gasteiger partial charge is 0.240 e. The summed E-state index contributed by atoms with van der Waals surface area (Å²) in [7, 11) is 0. The van der Waals surface area contributed by atoms with E-state index in [4.69, 9.17) is 5.73 Å². The van der Waals surface area contributed by atoms with E-state index >= 15 is 0 Å². The van der Waals surface area contributed by atoms with Gasteiger partial charge in [0.15, 0.2) is 0 Å². The Kier molecular flexibility index (Phi) is 3.93. The molecule has 1 aliphatic carbocycles. The molecule has 1 saturated carbocycles. The lowest BCUT2D eigenvalue weighted by molar-refractivity contribution is -0.128. The van der Waals surface area contributed by atoms with Crippen molar-refractivity contribution in [2.24, 2.45) is 5.73 Å². The van der Waals surface area contributed by atoms with Crippen LogP contribution in [0, 0.1) is 0 Å². The quantitative estimate of drug-likeness (QED) is 0.723. The Morgan fingerprint density at radius 3 is 2.50 bits per heavy atom. The van der Waals surface area contributed by atoms with E-state index in [2.05, 4.69) is 12.2 Å². The number of amides is 1. The highest BCUT2D eigenvalue weighted by Crippen LogP contribution is 2.26. The Hall–Kier alpha value is -0.570. The van der Waals surface area contributed by atoms with E-state index in [-0.39, 0.29) is 11.9 Å². The number of carbonyl (C=O) groups excluding carboxylic acids is 1. The molecule has 3 N–H and O–H groups in total. The molecule has 1 amide bonds. The highest BCUT2D eigenvalue weighted by molar-refractivity contribution is 5.86. The molecule has 1 atom stereocenters. The number of hydrogen-bond donors (Lipinski definition) is 2. The van der Waals surface area contributed by atoms with Crippen molar-refractivity contribution in [3.05, 3.63) is 0 Å². The third kappa shape index (κ3) is 2.71. The third-order valence-electron chi connectivity index (χ3n) is 3.19. The zero-order chi connectivity index (χ0) is 10.6. The summed E-state index contributed by atoms with van der Waals surface area (Å²) in [4.78, 5) is 11.9. The molecule has 0 bridgehead atoms. The molecule has 0 saturated heterocycles. The minimum atomic E-state index is -0.582. The standard InChI is InChI=1S/C11H22N2O/c1-3-9(2)13-10(14)11(12)7-5-4-6-8-11/h9H,3-8,12H2,1-2H3,(H,13,14). The Morgan fingerprint density at radius 1 is 1.43 bits per heavy atom. The van der Waals surface area contributed by atoms with E-state index in [1.165, 1.54) is 6.42 Å². The van der Waals surface area contributed by atoms with Gasteiger partial charge in [0, 0.05) is 6.04 Å². The van der Waals surface area contributed by atoms with E-state index in [0.717, 1.165) is 32.1 Å². The van der Waals surface area contributed by atoms with Crippen LogP contribution in [0.1, 0.15) is 52.4 Å². The van der Waals surface area contributed by atoms with Crippen molar-refractivity contribution in [2.45, 2.75) is 64.0 Å². The van der Waals surface area contributed by atoms with Gasteiger partial charge in [-0.2, -0.15) is 0 Å². The summed E-state index contributed by atoms with van der Waals surface area (Å²) in [6, 6.07) is 0.241. The monoisotopic (exact) mass is 198 g/mol. The number of hydrogen-bond acceptors (Lipinski definition) is 2. The summed E-state index contributed by atoms with van der Waals surface area (Å²) in [6.07, 6.45) is 6.04. The summed E-state index contributed by atoms with van der Waals surface area (Å²) >= 11 is 0. The van der Waals surface area contributed by atoms with Gasteiger partial charge in [0.05, 0.1) is 5.54 Å². The first-order valence-corrected chi connectivity index (χ1v) is 5.68. The average Bonchev–Trinajstić information content (AvgIpc) is 2.18. The predicted octanol–water partition coefficient (Wildman–Crippen LogP) is 1.56. The van der Waals surface area contributed by atoms with Gasteiger partial charge < -0.3 is 11.1 Å². The van der Waals surface area contributed by atoms with Crippen LogP contribution in [-0.4, -0.2) is 17.5 Å². The second kappa shape index (κ2) is 4.78. The van der Waals surface area contributed by atoms with Gasteiger partial charge in [0.2, 0.25) is 5.91 Å². The van der Waals surface area contributed by atoms with Crippen molar-refractivity contribution >= 4 is 5.91 Å². The second-order valence-corrected chi connectivity index (χ2v) is 4.50. The molecule has 0 aromatic rings. The molecule has 1 aliphatic rings. The van der Waals surface area contributed by atoms with Crippen LogP contribution in [0.4, 0.5) is 0 Å². The van der Waals surface area contributed by atoms with Crippen LogP contribution in [0.15, 0.2) is 0 Å². The van der Waals surface area contributed by atoms with Gasteiger partial charge in [-0.05, 0) is 26.2 Å². The van der Waals surface area contributed by atoms with Crippen LogP contribution >= 0.6 is 0 Å². The first-order valence-electron chi connectivity index (χ1n) is 5.68. The molecule has 3 heteroatoms. The first kappa shape index (κ1) is 11.5. The van der Waals surface area contributed by atoms with Crippen molar-refractivity contribution in [1.29, 1.82) is 0 Å². The van der Waals surface area contributed by atoms with Crippen molar-refractivity contribution < 1.29 is 4.79 Å². The van der Waals surface area contributed by atoms with E-state index in [9.17, 15) is 4.79 Å². The summed E-state index contributed by atoms with van der Waals surface area (Å²) in [6.45, 7) is 4.08. The van der Waals surface area contributed by atoms with E-state index in [1.54, 1.807) is 0 Å². The van der Waals surface area contributed by atoms with Crippen LogP contribution < -0.4 is 11.1 Å². The fraction of sp³-hybridized carbons (Fsp3) is 0.909. The number of rotatable bonds is 3. The number of carbonyl (C=O) groups is 1. The normalized spacial score (nSPS) is 22.8. The fourth-order valence-electron chi connectivity index (χ4n) is 1.88. The zero-order valence-corrected chi connectivity index (χ0v) is 9.31. The zero-order valence-electron chi connectivity index (χ0n) is 9.31. The van der Waals surface area contributed by atoms with Crippen molar-refractivity contribution in [2.75, 3.05) is 0 Å². The molecular formula is C11H22N2O. The molecule has 0 radical (unpaired) electrons. The minimum Gasteiger partial charge on any atom is -0.352 e. The Balaban J connectivity index is 2.49. The summed E-state index contributed by atoms with van der Waals surface area (Å²) in [5, 5.41) is 2.98. The average molecular weight is 198 g/mol. The van der Waals surface area contributed by atoms with E-state index in [1.807, 2.05) is 6.92 Å². The van der Waals surface area contributed by atoms with Crippen LogP contribution in [0.3, 0.4) is 0 Å². The van der Waals surface area contributed by atoms with Gasteiger partial charge in [0.25, 0.3) is 0 Å². The molecule has 1 fully saturated rings. The molecule has 14 heavy (non-hydrogen) atoms.